The lowest BCUT2D eigenvalue weighted by Gasteiger charge is -2.35. The maximum Gasteiger partial charge on any atom is 0.0917 e. The third-order valence-corrected chi connectivity index (χ3v) is 4.07. The third-order valence-electron chi connectivity index (χ3n) is 4.07. The van der Waals surface area contributed by atoms with Gasteiger partial charge in [0.15, 0.2) is 0 Å². The summed E-state index contributed by atoms with van der Waals surface area (Å²) in [7, 11) is 2.12. The van der Waals surface area contributed by atoms with Crippen LogP contribution in [0.3, 0.4) is 0 Å². The first-order valence-corrected chi connectivity index (χ1v) is 6.53. The third kappa shape index (κ3) is 2.88. The summed E-state index contributed by atoms with van der Waals surface area (Å²) in [6.07, 6.45) is 3.56. The van der Waals surface area contributed by atoms with Crippen molar-refractivity contribution < 1.29 is 5.11 Å². The summed E-state index contributed by atoms with van der Waals surface area (Å²) in [4.78, 5) is 2.29. The molecule has 1 unspecified atom stereocenters. The Morgan fingerprint density at radius 3 is 2.53 bits per heavy atom. The summed E-state index contributed by atoms with van der Waals surface area (Å²) in [6, 6.07) is 6.93. The maximum atomic E-state index is 10.2. The van der Waals surface area contributed by atoms with Gasteiger partial charge < -0.3 is 10.0 Å². The zero-order chi connectivity index (χ0) is 12.4. The minimum atomic E-state index is -0.361. The van der Waals surface area contributed by atoms with Crippen LogP contribution in [-0.2, 0) is 0 Å². The Morgan fingerprint density at radius 1 is 1.29 bits per heavy atom. The number of aryl methyl sites for hydroxylation is 2. The number of nitrogens with zero attached hydrogens (tertiary/aromatic N) is 1. The van der Waals surface area contributed by atoms with E-state index in [0.29, 0.717) is 6.04 Å². The minimum absolute atomic E-state index is 0.361. The van der Waals surface area contributed by atoms with E-state index in [1.807, 2.05) is 6.07 Å². The smallest absolute Gasteiger partial charge is 0.0917 e. The molecule has 1 N–H and O–H groups in total. The molecule has 1 aromatic rings. The lowest BCUT2D eigenvalue weighted by atomic mass is 9.91. The molecule has 2 heteroatoms. The molecule has 1 atom stereocenters. The highest BCUT2D eigenvalue weighted by Gasteiger charge is 2.23. The van der Waals surface area contributed by atoms with Gasteiger partial charge in [-0.3, -0.25) is 0 Å². The second-order valence-electron chi connectivity index (χ2n) is 5.38. The van der Waals surface area contributed by atoms with Gasteiger partial charge in [0.2, 0.25) is 0 Å². The van der Waals surface area contributed by atoms with Crippen molar-refractivity contribution in [3.05, 3.63) is 34.9 Å². The van der Waals surface area contributed by atoms with Crippen LogP contribution in [0, 0.1) is 13.8 Å². The summed E-state index contributed by atoms with van der Waals surface area (Å²) in [5, 5.41) is 10.2. The van der Waals surface area contributed by atoms with Crippen molar-refractivity contribution in [2.45, 2.75) is 45.3 Å². The Balaban J connectivity index is 1.98. The Hall–Kier alpha value is -0.860. The van der Waals surface area contributed by atoms with Crippen molar-refractivity contribution in [1.29, 1.82) is 0 Å². The molecule has 0 spiro atoms. The van der Waals surface area contributed by atoms with Crippen LogP contribution in [0.1, 0.15) is 42.1 Å². The largest absolute Gasteiger partial charge is 0.387 e. The number of aliphatic hydroxyl groups is 1. The topological polar surface area (TPSA) is 23.5 Å². The molecule has 0 bridgehead atoms. The van der Waals surface area contributed by atoms with E-state index in [1.165, 1.54) is 30.4 Å². The first-order valence-electron chi connectivity index (χ1n) is 6.53. The lowest BCUT2D eigenvalue weighted by molar-refractivity contribution is 0.0776. The molecule has 17 heavy (non-hydrogen) atoms. The van der Waals surface area contributed by atoms with Crippen LogP contribution in [0.5, 0.6) is 0 Å². The highest BCUT2D eigenvalue weighted by Crippen LogP contribution is 2.26. The monoisotopic (exact) mass is 233 g/mol. The molecule has 1 saturated carbocycles. The molecule has 0 radical (unpaired) electrons. The van der Waals surface area contributed by atoms with Crippen LogP contribution in [-0.4, -0.2) is 29.6 Å². The fourth-order valence-electron chi connectivity index (χ4n) is 2.33. The van der Waals surface area contributed by atoms with Crippen LogP contribution in [0.15, 0.2) is 18.2 Å². The van der Waals surface area contributed by atoms with Gasteiger partial charge in [0.25, 0.3) is 0 Å². The van der Waals surface area contributed by atoms with Crippen LogP contribution in [0.4, 0.5) is 0 Å². The number of hydrogen-bond donors (Lipinski definition) is 1. The fourth-order valence-corrected chi connectivity index (χ4v) is 2.33. The molecular weight excluding hydrogens is 210 g/mol. The Kier molecular flexibility index (Phi) is 3.85. The second-order valence-corrected chi connectivity index (χ2v) is 5.38. The average molecular weight is 233 g/mol. The van der Waals surface area contributed by atoms with Crippen molar-refractivity contribution >= 4 is 0 Å². The molecule has 94 valence electrons. The molecule has 2 nitrogen and oxygen atoms in total. The van der Waals surface area contributed by atoms with Crippen LogP contribution < -0.4 is 0 Å². The van der Waals surface area contributed by atoms with E-state index in [-0.39, 0.29) is 6.10 Å². The van der Waals surface area contributed by atoms with Crippen LogP contribution >= 0.6 is 0 Å². The van der Waals surface area contributed by atoms with Gasteiger partial charge in [0.05, 0.1) is 6.10 Å². The second kappa shape index (κ2) is 5.19. The summed E-state index contributed by atoms with van der Waals surface area (Å²) in [5.74, 6) is 0. The van der Waals surface area contributed by atoms with Gasteiger partial charge in [-0.2, -0.15) is 0 Å². The molecule has 0 aliphatic heterocycles. The fraction of sp³-hybridized carbons (Fsp3) is 0.600. The highest BCUT2D eigenvalue weighted by atomic mass is 16.3. The number of hydrogen-bond acceptors (Lipinski definition) is 2. The predicted octanol–water partition coefficient (Wildman–Crippen LogP) is 2.82. The van der Waals surface area contributed by atoms with Crippen LogP contribution in [0.25, 0.3) is 0 Å². The zero-order valence-electron chi connectivity index (χ0n) is 11.1. The molecule has 1 aromatic carbocycles. The van der Waals surface area contributed by atoms with E-state index >= 15 is 0 Å². The Labute approximate surface area is 104 Å². The molecule has 0 heterocycles. The van der Waals surface area contributed by atoms with Gasteiger partial charge in [-0.15, -0.1) is 0 Å². The normalized spacial score (nSPS) is 18.2. The molecule has 1 aliphatic rings. The van der Waals surface area contributed by atoms with Gasteiger partial charge in [0, 0.05) is 12.6 Å². The zero-order valence-corrected chi connectivity index (χ0v) is 11.1. The quantitative estimate of drug-likeness (QED) is 0.864. The van der Waals surface area contributed by atoms with Gasteiger partial charge in [-0.1, -0.05) is 24.6 Å². The molecule has 0 aromatic heterocycles. The van der Waals surface area contributed by atoms with E-state index in [2.05, 4.69) is 37.9 Å². The van der Waals surface area contributed by atoms with E-state index in [9.17, 15) is 5.11 Å². The van der Waals surface area contributed by atoms with Crippen molar-refractivity contribution in [1.82, 2.24) is 4.90 Å². The van der Waals surface area contributed by atoms with Crippen molar-refractivity contribution in [2.75, 3.05) is 13.6 Å². The van der Waals surface area contributed by atoms with E-state index in [4.69, 9.17) is 0 Å². The number of rotatable bonds is 4. The number of aliphatic hydroxyl groups excluding tert-OH is 1. The summed E-state index contributed by atoms with van der Waals surface area (Å²) >= 11 is 0. The van der Waals surface area contributed by atoms with E-state index < -0.39 is 0 Å². The predicted molar refractivity (Wildman–Crippen MR) is 71.1 cm³/mol. The van der Waals surface area contributed by atoms with Crippen molar-refractivity contribution in [2.24, 2.45) is 0 Å². The summed E-state index contributed by atoms with van der Waals surface area (Å²) in [6.45, 7) is 4.94. The van der Waals surface area contributed by atoms with Gasteiger partial charge >= 0.3 is 0 Å². The first-order chi connectivity index (χ1) is 8.08. The summed E-state index contributed by atoms with van der Waals surface area (Å²) in [5.41, 5.74) is 3.58. The standard InChI is InChI=1S/C15H23NO/c1-11-7-8-13(9-12(11)2)15(17)10-16(3)14-5-4-6-14/h7-9,14-15,17H,4-6,10H2,1-3H3. The average Bonchev–Trinajstić information content (AvgIpc) is 2.19. The van der Waals surface area contributed by atoms with Gasteiger partial charge in [-0.05, 0) is 50.4 Å². The number of benzene rings is 1. The van der Waals surface area contributed by atoms with E-state index in [1.54, 1.807) is 0 Å². The number of likely N-dealkylation sites (N-methyl/N-ethyl adjacent to an activating group) is 1. The Morgan fingerprint density at radius 2 is 2.00 bits per heavy atom. The van der Waals surface area contributed by atoms with Crippen LogP contribution in [0.2, 0.25) is 0 Å². The lowest BCUT2D eigenvalue weighted by Crippen LogP contribution is -2.39. The molecule has 0 amide bonds. The summed E-state index contributed by atoms with van der Waals surface area (Å²) < 4.78 is 0. The highest BCUT2D eigenvalue weighted by molar-refractivity contribution is 5.31. The van der Waals surface area contributed by atoms with Gasteiger partial charge in [0.1, 0.15) is 0 Å². The first kappa shape index (κ1) is 12.6. The minimum Gasteiger partial charge on any atom is -0.387 e. The molecule has 2 rings (SSSR count). The molecule has 1 aliphatic carbocycles. The SMILES string of the molecule is Cc1ccc(C(O)CN(C)C2CCC2)cc1C. The van der Waals surface area contributed by atoms with Gasteiger partial charge in [-0.25, -0.2) is 0 Å². The maximum absolute atomic E-state index is 10.2. The Bertz CT molecular complexity index is 385. The molecular formula is C15H23NO. The molecule has 0 saturated heterocycles. The molecule has 1 fully saturated rings. The van der Waals surface area contributed by atoms with Crippen molar-refractivity contribution in [3.8, 4) is 0 Å². The van der Waals surface area contributed by atoms with E-state index in [0.717, 1.165) is 12.1 Å². The van der Waals surface area contributed by atoms with Crippen molar-refractivity contribution in [3.63, 3.8) is 0 Å².